The summed E-state index contributed by atoms with van der Waals surface area (Å²) in [7, 11) is 0. The number of carbonyl (C=O) groups is 1. The van der Waals surface area contributed by atoms with Crippen LogP contribution in [0.15, 0.2) is 42.7 Å². The maximum atomic E-state index is 13.5. The van der Waals surface area contributed by atoms with Gasteiger partial charge in [-0.05, 0) is 24.6 Å². The molecule has 1 aromatic heterocycles. The number of aromatic nitrogens is 1. The third kappa shape index (κ3) is 4.27. The SMILES string of the molecule is CCCCNc1cncc(C(=O)Nc2ccccc2F)c1. The second-order valence-corrected chi connectivity index (χ2v) is 4.68. The van der Waals surface area contributed by atoms with E-state index in [4.69, 9.17) is 0 Å². The number of nitrogens with zero attached hydrogens (tertiary/aromatic N) is 1. The summed E-state index contributed by atoms with van der Waals surface area (Å²) >= 11 is 0. The number of rotatable bonds is 6. The zero-order valence-corrected chi connectivity index (χ0v) is 11.9. The zero-order chi connectivity index (χ0) is 15.1. The van der Waals surface area contributed by atoms with Crippen molar-refractivity contribution in [3.63, 3.8) is 0 Å². The Balaban J connectivity index is 2.05. The number of benzene rings is 1. The molecule has 2 aromatic rings. The summed E-state index contributed by atoms with van der Waals surface area (Å²) in [6.45, 7) is 2.94. The molecule has 1 heterocycles. The van der Waals surface area contributed by atoms with Gasteiger partial charge in [-0.3, -0.25) is 9.78 Å². The monoisotopic (exact) mass is 287 g/mol. The number of anilines is 2. The summed E-state index contributed by atoms with van der Waals surface area (Å²) in [6.07, 6.45) is 5.26. The molecule has 5 heteroatoms. The van der Waals surface area contributed by atoms with Crippen molar-refractivity contribution in [1.29, 1.82) is 0 Å². The Kier molecular flexibility index (Phi) is 5.26. The van der Waals surface area contributed by atoms with Gasteiger partial charge in [-0.15, -0.1) is 0 Å². The van der Waals surface area contributed by atoms with Gasteiger partial charge in [0.2, 0.25) is 0 Å². The highest BCUT2D eigenvalue weighted by Gasteiger charge is 2.09. The first-order valence-corrected chi connectivity index (χ1v) is 6.95. The van der Waals surface area contributed by atoms with Gasteiger partial charge in [-0.2, -0.15) is 0 Å². The minimum atomic E-state index is -0.462. The molecule has 0 aliphatic heterocycles. The van der Waals surface area contributed by atoms with E-state index in [0.29, 0.717) is 5.56 Å². The second-order valence-electron chi connectivity index (χ2n) is 4.68. The Morgan fingerprint density at radius 1 is 1.29 bits per heavy atom. The van der Waals surface area contributed by atoms with Crippen molar-refractivity contribution in [2.75, 3.05) is 17.2 Å². The van der Waals surface area contributed by atoms with Crippen molar-refractivity contribution in [2.24, 2.45) is 0 Å². The van der Waals surface area contributed by atoms with Crippen molar-refractivity contribution in [1.82, 2.24) is 4.98 Å². The maximum Gasteiger partial charge on any atom is 0.257 e. The molecule has 4 nitrogen and oxygen atoms in total. The lowest BCUT2D eigenvalue weighted by molar-refractivity contribution is 0.102. The standard InChI is InChI=1S/C16H18FN3O/c1-2-3-8-19-13-9-12(10-18-11-13)16(21)20-15-7-5-4-6-14(15)17/h4-7,9-11,19H,2-3,8H2,1H3,(H,20,21). The molecular weight excluding hydrogens is 269 g/mol. The molecule has 0 aliphatic rings. The first-order valence-electron chi connectivity index (χ1n) is 6.95. The van der Waals surface area contributed by atoms with Crippen LogP contribution in [0.1, 0.15) is 30.1 Å². The molecule has 2 rings (SSSR count). The fraction of sp³-hybridized carbons (Fsp3) is 0.250. The number of para-hydroxylation sites is 1. The largest absolute Gasteiger partial charge is 0.384 e. The van der Waals surface area contributed by atoms with Crippen molar-refractivity contribution in [2.45, 2.75) is 19.8 Å². The van der Waals surface area contributed by atoms with E-state index in [0.717, 1.165) is 25.1 Å². The topological polar surface area (TPSA) is 54.0 Å². The predicted octanol–water partition coefficient (Wildman–Crippen LogP) is 3.69. The van der Waals surface area contributed by atoms with Crippen LogP contribution >= 0.6 is 0 Å². The lowest BCUT2D eigenvalue weighted by atomic mass is 10.2. The molecular formula is C16H18FN3O. The summed E-state index contributed by atoms with van der Waals surface area (Å²) < 4.78 is 13.5. The van der Waals surface area contributed by atoms with Gasteiger partial charge in [0, 0.05) is 18.9 Å². The molecule has 0 fully saturated rings. The van der Waals surface area contributed by atoms with Crippen LogP contribution in [-0.2, 0) is 0 Å². The molecule has 0 aliphatic carbocycles. The average Bonchev–Trinajstić information content (AvgIpc) is 2.50. The number of pyridine rings is 1. The van der Waals surface area contributed by atoms with E-state index < -0.39 is 5.82 Å². The molecule has 21 heavy (non-hydrogen) atoms. The Morgan fingerprint density at radius 2 is 2.10 bits per heavy atom. The molecule has 1 amide bonds. The van der Waals surface area contributed by atoms with Crippen LogP contribution in [0.2, 0.25) is 0 Å². The minimum Gasteiger partial charge on any atom is -0.384 e. The molecule has 0 saturated heterocycles. The predicted molar refractivity (Wildman–Crippen MR) is 82.0 cm³/mol. The summed E-state index contributed by atoms with van der Waals surface area (Å²) in [5.74, 6) is -0.845. The lowest BCUT2D eigenvalue weighted by Crippen LogP contribution is -2.14. The fourth-order valence-electron chi connectivity index (χ4n) is 1.83. The van der Waals surface area contributed by atoms with Gasteiger partial charge in [-0.25, -0.2) is 4.39 Å². The van der Waals surface area contributed by atoms with E-state index in [2.05, 4.69) is 22.5 Å². The van der Waals surface area contributed by atoms with Crippen molar-refractivity contribution in [3.05, 3.63) is 54.1 Å². The smallest absolute Gasteiger partial charge is 0.257 e. The lowest BCUT2D eigenvalue weighted by Gasteiger charge is -2.08. The van der Waals surface area contributed by atoms with Crippen LogP contribution in [-0.4, -0.2) is 17.4 Å². The summed E-state index contributed by atoms with van der Waals surface area (Å²) in [6, 6.07) is 7.77. The highest BCUT2D eigenvalue weighted by atomic mass is 19.1. The number of nitrogens with one attached hydrogen (secondary N) is 2. The van der Waals surface area contributed by atoms with Gasteiger partial charge >= 0.3 is 0 Å². The number of carbonyl (C=O) groups excluding carboxylic acids is 1. The van der Waals surface area contributed by atoms with E-state index in [1.807, 2.05) is 0 Å². The molecule has 110 valence electrons. The number of amides is 1. The number of hydrogen-bond donors (Lipinski definition) is 2. The third-order valence-electron chi connectivity index (χ3n) is 2.98. The first-order chi connectivity index (χ1) is 10.2. The van der Waals surface area contributed by atoms with E-state index in [9.17, 15) is 9.18 Å². The Hall–Kier alpha value is -2.43. The average molecular weight is 287 g/mol. The minimum absolute atomic E-state index is 0.159. The van der Waals surface area contributed by atoms with Gasteiger partial charge in [-0.1, -0.05) is 25.5 Å². The summed E-state index contributed by atoms with van der Waals surface area (Å²) in [5.41, 5.74) is 1.33. The van der Waals surface area contributed by atoms with E-state index in [1.165, 1.54) is 18.3 Å². The molecule has 0 radical (unpaired) electrons. The van der Waals surface area contributed by atoms with Gasteiger partial charge in [0.1, 0.15) is 5.82 Å². The molecule has 0 unspecified atom stereocenters. The van der Waals surface area contributed by atoms with Crippen LogP contribution in [0.4, 0.5) is 15.8 Å². The van der Waals surface area contributed by atoms with Gasteiger partial charge in [0.05, 0.1) is 16.9 Å². The van der Waals surface area contributed by atoms with Crippen molar-refractivity contribution < 1.29 is 9.18 Å². The Bertz CT molecular complexity index is 616. The number of unbranched alkanes of at least 4 members (excludes halogenated alkanes) is 1. The number of hydrogen-bond acceptors (Lipinski definition) is 3. The van der Waals surface area contributed by atoms with Gasteiger partial charge in [0.15, 0.2) is 0 Å². The van der Waals surface area contributed by atoms with Crippen LogP contribution in [0.5, 0.6) is 0 Å². The summed E-state index contributed by atoms with van der Waals surface area (Å²) in [5, 5.41) is 5.74. The van der Waals surface area contributed by atoms with Crippen molar-refractivity contribution in [3.8, 4) is 0 Å². The van der Waals surface area contributed by atoms with Crippen LogP contribution in [0.3, 0.4) is 0 Å². The second kappa shape index (κ2) is 7.38. The first kappa shape index (κ1) is 15.0. The summed E-state index contributed by atoms with van der Waals surface area (Å²) in [4.78, 5) is 16.1. The Morgan fingerprint density at radius 3 is 2.86 bits per heavy atom. The maximum absolute atomic E-state index is 13.5. The zero-order valence-electron chi connectivity index (χ0n) is 11.9. The van der Waals surface area contributed by atoms with Crippen LogP contribution in [0, 0.1) is 5.82 Å². The third-order valence-corrected chi connectivity index (χ3v) is 2.98. The molecule has 2 N–H and O–H groups in total. The van der Waals surface area contributed by atoms with Gasteiger partial charge in [0.25, 0.3) is 5.91 Å². The fourth-order valence-corrected chi connectivity index (χ4v) is 1.83. The van der Waals surface area contributed by atoms with E-state index >= 15 is 0 Å². The normalized spacial score (nSPS) is 10.2. The highest BCUT2D eigenvalue weighted by Crippen LogP contribution is 2.15. The molecule has 0 saturated carbocycles. The number of halogens is 1. The molecule has 0 atom stereocenters. The molecule has 0 spiro atoms. The quantitative estimate of drug-likeness (QED) is 0.797. The van der Waals surface area contributed by atoms with Crippen LogP contribution in [0.25, 0.3) is 0 Å². The molecule has 1 aromatic carbocycles. The van der Waals surface area contributed by atoms with Crippen LogP contribution < -0.4 is 10.6 Å². The van der Waals surface area contributed by atoms with Crippen molar-refractivity contribution >= 4 is 17.3 Å². The highest BCUT2D eigenvalue weighted by molar-refractivity contribution is 6.04. The van der Waals surface area contributed by atoms with Gasteiger partial charge < -0.3 is 10.6 Å². The Labute approximate surface area is 123 Å². The van der Waals surface area contributed by atoms with E-state index in [1.54, 1.807) is 24.4 Å². The molecule has 0 bridgehead atoms. The van der Waals surface area contributed by atoms with E-state index in [-0.39, 0.29) is 11.6 Å².